The largest absolute Gasteiger partial charge is 0.489 e. The highest BCUT2D eigenvalue weighted by Crippen LogP contribution is 2.32. The second-order valence-corrected chi connectivity index (χ2v) is 9.02. The molecule has 2 aliphatic heterocycles. The molecule has 0 aliphatic carbocycles. The maximum absolute atomic E-state index is 12.8. The molecule has 26 heavy (non-hydrogen) atoms. The van der Waals surface area contributed by atoms with Gasteiger partial charge in [-0.05, 0) is 49.1 Å². The third-order valence-electron chi connectivity index (χ3n) is 5.14. The smallest absolute Gasteiger partial charge is 0.206 e. The molecule has 6 heteroatoms. The van der Waals surface area contributed by atoms with Crippen molar-refractivity contribution >= 4 is 9.84 Å². The van der Waals surface area contributed by atoms with E-state index < -0.39 is 9.84 Å². The molecule has 2 aromatic carbocycles. The van der Waals surface area contributed by atoms with Crippen molar-refractivity contribution < 1.29 is 18.3 Å². The van der Waals surface area contributed by atoms with Crippen LogP contribution in [0.25, 0.3) is 0 Å². The fourth-order valence-electron chi connectivity index (χ4n) is 3.70. The normalized spacial score (nSPS) is 23.4. The molecule has 0 saturated carbocycles. The van der Waals surface area contributed by atoms with Crippen LogP contribution in [0.1, 0.15) is 18.4 Å². The van der Waals surface area contributed by atoms with Crippen molar-refractivity contribution in [3.05, 3.63) is 54.1 Å². The molecule has 0 radical (unpaired) electrons. The highest BCUT2D eigenvalue weighted by molar-refractivity contribution is 7.91. The molecular formula is C20H23NO4S. The van der Waals surface area contributed by atoms with E-state index in [0.717, 1.165) is 37.9 Å². The minimum absolute atomic E-state index is 0.0301. The second kappa shape index (κ2) is 7.02. The molecule has 2 aliphatic rings. The highest BCUT2D eigenvalue weighted by atomic mass is 32.2. The zero-order chi connectivity index (χ0) is 18.1. The van der Waals surface area contributed by atoms with E-state index in [2.05, 4.69) is 4.90 Å². The summed E-state index contributed by atoms with van der Waals surface area (Å²) in [5.74, 6) is 0.665. The summed E-state index contributed by atoms with van der Waals surface area (Å²) in [4.78, 5) is 2.77. The van der Waals surface area contributed by atoms with Gasteiger partial charge in [-0.15, -0.1) is 0 Å². The average molecular weight is 373 g/mol. The van der Waals surface area contributed by atoms with E-state index in [1.54, 1.807) is 42.5 Å². The van der Waals surface area contributed by atoms with Crippen LogP contribution in [0.3, 0.4) is 0 Å². The van der Waals surface area contributed by atoms with Gasteiger partial charge in [0.2, 0.25) is 9.84 Å². The first-order valence-corrected chi connectivity index (χ1v) is 10.5. The van der Waals surface area contributed by atoms with Crippen molar-refractivity contribution in [1.82, 2.24) is 4.90 Å². The Morgan fingerprint density at radius 2 is 1.88 bits per heavy atom. The number of hydrogen-bond donors (Lipinski definition) is 1. The highest BCUT2D eigenvalue weighted by Gasteiger charge is 2.28. The molecule has 2 aromatic rings. The van der Waals surface area contributed by atoms with Gasteiger partial charge in [0.1, 0.15) is 11.9 Å². The number of sulfone groups is 1. The number of hydrogen-bond acceptors (Lipinski definition) is 5. The molecule has 1 saturated heterocycles. The van der Waals surface area contributed by atoms with Gasteiger partial charge in [0, 0.05) is 19.6 Å². The topological polar surface area (TPSA) is 66.8 Å². The van der Waals surface area contributed by atoms with Gasteiger partial charge in [0.15, 0.2) is 0 Å². The Kier molecular flexibility index (Phi) is 4.73. The monoisotopic (exact) mass is 373 g/mol. The minimum Gasteiger partial charge on any atom is -0.489 e. The van der Waals surface area contributed by atoms with Crippen LogP contribution in [0.4, 0.5) is 0 Å². The molecular weight excluding hydrogens is 350 g/mol. The van der Waals surface area contributed by atoms with Gasteiger partial charge in [0.05, 0.1) is 15.9 Å². The lowest BCUT2D eigenvalue weighted by Gasteiger charge is -2.29. The maximum Gasteiger partial charge on any atom is 0.206 e. The first kappa shape index (κ1) is 17.5. The number of rotatable bonds is 4. The molecule has 2 unspecified atom stereocenters. The number of likely N-dealkylation sites (tertiary alicyclic amines) is 1. The summed E-state index contributed by atoms with van der Waals surface area (Å²) < 4.78 is 31.8. The Morgan fingerprint density at radius 1 is 1.08 bits per heavy atom. The zero-order valence-corrected chi connectivity index (χ0v) is 15.4. The van der Waals surface area contributed by atoms with Gasteiger partial charge in [-0.3, -0.25) is 4.90 Å². The lowest BCUT2D eigenvalue weighted by atomic mass is 10.0. The molecule has 0 spiro atoms. The summed E-state index contributed by atoms with van der Waals surface area (Å²) >= 11 is 0. The average Bonchev–Trinajstić information content (AvgIpc) is 3.06. The van der Waals surface area contributed by atoms with Crippen molar-refractivity contribution in [3.63, 3.8) is 0 Å². The van der Waals surface area contributed by atoms with Crippen molar-refractivity contribution in [2.24, 2.45) is 0 Å². The van der Waals surface area contributed by atoms with Crippen molar-refractivity contribution in [2.75, 3.05) is 19.6 Å². The summed E-state index contributed by atoms with van der Waals surface area (Å²) in [6.07, 6.45) is 2.38. The number of benzene rings is 2. The zero-order valence-electron chi connectivity index (χ0n) is 14.5. The first-order valence-electron chi connectivity index (χ1n) is 9.02. The quantitative estimate of drug-likeness (QED) is 0.891. The van der Waals surface area contributed by atoms with Crippen molar-refractivity contribution in [2.45, 2.75) is 41.3 Å². The Hall–Kier alpha value is -1.89. The number of aliphatic hydroxyl groups is 1. The second-order valence-electron chi connectivity index (χ2n) is 7.07. The van der Waals surface area contributed by atoms with E-state index in [1.807, 2.05) is 6.07 Å². The van der Waals surface area contributed by atoms with E-state index in [1.165, 1.54) is 0 Å². The molecule has 138 valence electrons. The maximum atomic E-state index is 12.8. The molecule has 4 rings (SSSR count). The Balaban J connectivity index is 1.54. The van der Waals surface area contributed by atoms with Crippen LogP contribution in [0, 0.1) is 0 Å². The Labute approximate surface area is 154 Å². The van der Waals surface area contributed by atoms with E-state index in [-0.39, 0.29) is 17.1 Å². The summed E-state index contributed by atoms with van der Waals surface area (Å²) in [6.45, 7) is 2.34. The molecule has 2 atom stereocenters. The van der Waals surface area contributed by atoms with Crippen LogP contribution in [0.15, 0.2) is 58.3 Å². The fourth-order valence-corrected chi connectivity index (χ4v) is 5.00. The third kappa shape index (κ3) is 3.49. The summed E-state index contributed by atoms with van der Waals surface area (Å²) in [5.41, 5.74) is 1.05. The Bertz CT molecular complexity index is 882. The fraction of sp³-hybridized carbons (Fsp3) is 0.400. The predicted molar refractivity (Wildman–Crippen MR) is 98.1 cm³/mol. The number of fused-ring (bicyclic) bond motifs is 1. The van der Waals surface area contributed by atoms with E-state index >= 15 is 0 Å². The number of β-amino-alcohol motifs (C(OH)–C–C–N with tert-alkyl or cyclic N) is 1. The molecule has 0 amide bonds. The molecule has 0 bridgehead atoms. The summed E-state index contributed by atoms with van der Waals surface area (Å²) in [5, 5.41) is 9.67. The van der Waals surface area contributed by atoms with Crippen LogP contribution in [-0.2, 0) is 16.3 Å². The Morgan fingerprint density at radius 3 is 2.62 bits per heavy atom. The van der Waals surface area contributed by atoms with Gasteiger partial charge in [-0.2, -0.15) is 0 Å². The van der Waals surface area contributed by atoms with Crippen LogP contribution >= 0.6 is 0 Å². The van der Waals surface area contributed by atoms with Gasteiger partial charge >= 0.3 is 0 Å². The molecule has 1 N–H and O–H groups in total. The number of aryl methyl sites for hydroxylation is 1. The van der Waals surface area contributed by atoms with Gasteiger partial charge in [-0.1, -0.05) is 24.3 Å². The van der Waals surface area contributed by atoms with Crippen molar-refractivity contribution in [1.29, 1.82) is 0 Å². The van der Waals surface area contributed by atoms with E-state index in [0.29, 0.717) is 17.2 Å². The van der Waals surface area contributed by atoms with Crippen LogP contribution < -0.4 is 4.74 Å². The minimum atomic E-state index is -3.54. The summed E-state index contributed by atoms with van der Waals surface area (Å²) in [7, 11) is -3.54. The van der Waals surface area contributed by atoms with E-state index in [4.69, 9.17) is 4.74 Å². The standard InChI is InChI=1S/C20H23NO4S/c22-16-10-11-21(13-16)14-17-8-6-15-7-9-19(12-20(15)25-17)26(23,24)18-4-2-1-3-5-18/h1-5,7,9,12,16-17,22H,6,8,10-11,13-14H2. The van der Waals surface area contributed by atoms with Crippen LogP contribution in [0.2, 0.25) is 0 Å². The van der Waals surface area contributed by atoms with Crippen LogP contribution in [-0.4, -0.2) is 50.3 Å². The molecule has 5 nitrogen and oxygen atoms in total. The lowest BCUT2D eigenvalue weighted by molar-refractivity contribution is 0.114. The number of ether oxygens (including phenoxy) is 1. The van der Waals surface area contributed by atoms with Crippen LogP contribution in [0.5, 0.6) is 5.75 Å². The van der Waals surface area contributed by atoms with Gasteiger partial charge in [-0.25, -0.2) is 8.42 Å². The van der Waals surface area contributed by atoms with Gasteiger partial charge < -0.3 is 9.84 Å². The molecule has 0 aromatic heterocycles. The third-order valence-corrected chi connectivity index (χ3v) is 6.91. The van der Waals surface area contributed by atoms with Gasteiger partial charge in [0.25, 0.3) is 0 Å². The van der Waals surface area contributed by atoms with E-state index in [9.17, 15) is 13.5 Å². The number of aliphatic hydroxyl groups excluding tert-OH is 1. The number of nitrogens with zero attached hydrogens (tertiary/aromatic N) is 1. The molecule has 1 fully saturated rings. The predicted octanol–water partition coefficient (Wildman–Crippen LogP) is 2.28. The van der Waals surface area contributed by atoms with Crippen molar-refractivity contribution in [3.8, 4) is 5.75 Å². The SMILES string of the molecule is O=S(=O)(c1ccccc1)c1ccc2c(c1)OC(CN1CCC(O)C1)CC2. The first-order chi connectivity index (χ1) is 12.5. The summed E-state index contributed by atoms with van der Waals surface area (Å²) in [6, 6.07) is 13.7. The molecule has 2 heterocycles. The lowest BCUT2D eigenvalue weighted by Crippen LogP contribution is -2.36.